The van der Waals surface area contributed by atoms with E-state index in [-0.39, 0.29) is 24.4 Å². The van der Waals surface area contributed by atoms with Gasteiger partial charge in [0.1, 0.15) is 23.1 Å². The van der Waals surface area contributed by atoms with E-state index in [1.807, 2.05) is 54.3 Å². The minimum Gasteiger partial charge on any atom is -0.508 e. The van der Waals surface area contributed by atoms with Gasteiger partial charge in [-0.15, -0.1) is 0 Å². The van der Waals surface area contributed by atoms with Crippen LogP contribution in [-0.4, -0.2) is 45.3 Å². The number of halogens is 2. The molecule has 4 aromatic rings. The van der Waals surface area contributed by atoms with Crippen LogP contribution in [0.2, 0.25) is 0 Å². The van der Waals surface area contributed by atoms with Crippen molar-refractivity contribution in [2.45, 2.75) is 39.5 Å². The number of benzene rings is 3. The minimum atomic E-state index is -0.764. The second-order valence-electron chi connectivity index (χ2n) is 10.8. The first-order valence-electron chi connectivity index (χ1n) is 14.0. The van der Waals surface area contributed by atoms with Crippen molar-refractivity contribution in [1.29, 1.82) is 0 Å². The van der Waals surface area contributed by atoms with Crippen molar-refractivity contribution >= 4 is 5.69 Å². The van der Waals surface area contributed by atoms with E-state index in [0.717, 1.165) is 33.4 Å². The Balaban J connectivity index is 1.49. The summed E-state index contributed by atoms with van der Waals surface area (Å²) < 4.78 is 31.7. The molecule has 1 saturated heterocycles. The normalized spacial score (nSPS) is 14.7. The highest BCUT2D eigenvalue weighted by molar-refractivity contribution is 5.50. The van der Waals surface area contributed by atoms with Crippen LogP contribution in [0.1, 0.15) is 34.0 Å². The first kappa shape index (κ1) is 29.2. The van der Waals surface area contributed by atoms with E-state index in [1.165, 1.54) is 10.6 Å². The summed E-state index contributed by atoms with van der Waals surface area (Å²) in [5.41, 5.74) is 8.35. The molecule has 1 aromatic heterocycles. The summed E-state index contributed by atoms with van der Waals surface area (Å²) in [6, 6.07) is 17.6. The second kappa shape index (κ2) is 12.3. The number of nitrogens with two attached hydrogens (primary N) is 1. The lowest BCUT2D eigenvalue weighted by Gasteiger charge is -2.37. The molecule has 1 unspecified atom stereocenters. The standard InChI is InChI=1S/C32H35F2N5O3/c1-21-17-23(11-12-29(21)40)18-36-13-15-37(16-14-36)30-22(2)38(19-25-26(33)9-6-10-27(25)34)32(42)39(31(30)41)20-28(35)24-7-4-3-5-8-24/h3-12,17,28,40H,13-16,18-20,35H2,1-2H3. The summed E-state index contributed by atoms with van der Waals surface area (Å²) in [6.07, 6.45) is 0. The van der Waals surface area contributed by atoms with Gasteiger partial charge in [-0.25, -0.2) is 13.6 Å². The molecule has 8 nitrogen and oxygen atoms in total. The molecule has 220 valence electrons. The Hall–Kier alpha value is -4.28. The maximum atomic E-state index is 14.7. The molecule has 1 fully saturated rings. The van der Waals surface area contributed by atoms with E-state index in [1.54, 1.807) is 13.0 Å². The van der Waals surface area contributed by atoms with Crippen LogP contribution < -0.4 is 21.9 Å². The highest BCUT2D eigenvalue weighted by atomic mass is 19.1. The monoisotopic (exact) mass is 575 g/mol. The molecule has 2 heterocycles. The van der Waals surface area contributed by atoms with Gasteiger partial charge in [-0.05, 0) is 48.7 Å². The highest BCUT2D eigenvalue weighted by Crippen LogP contribution is 2.22. The number of phenols is 1. The summed E-state index contributed by atoms with van der Waals surface area (Å²) in [6.45, 7) is 6.09. The smallest absolute Gasteiger partial charge is 0.331 e. The van der Waals surface area contributed by atoms with Crippen LogP contribution in [0.25, 0.3) is 0 Å². The Bertz CT molecular complexity index is 1680. The summed E-state index contributed by atoms with van der Waals surface area (Å²) in [7, 11) is 0. The number of anilines is 1. The van der Waals surface area contributed by atoms with Gasteiger partial charge in [0.05, 0.1) is 13.1 Å². The van der Waals surface area contributed by atoms with Gasteiger partial charge in [-0.3, -0.25) is 18.8 Å². The maximum absolute atomic E-state index is 14.7. The van der Waals surface area contributed by atoms with Gasteiger partial charge >= 0.3 is 5.69 Å². The third kappa shape index (κ3) is 6.00. The molecule has 10 heteroatoms. The Morgan fingerprint density at radius 3 is 2.17 bits per heavy atom. The van der Waals surface area contributed by atoms with Crippen LogP contribution in [0.3, 0.4) is 0 Å². The molecule has 0 spiro atoms. The molecule has 0 saturated carbocycles. The lowest BCUT2D eigenvalue weighted by molar-refractivity contribution is 0.249. The summed E-state index contributed by atoms with van der Waals surface area (Å²) in [5, 5.41) is 9.84. The van der Waals surface area contributed by atoms with Gasteiger partial charge in [-0.1, -0.05) is 48.5 Å². The number of piperazine rings is 1. The van der Waals surface area contributed by atoms with E-state index in [0.29, 0.717) is 44.1 Å². The van der Waals surface area contributed by atoms with E-state index in [9.17, 15) is 23.5 Å². The molecule has 0 amide bonds. The molecule has 1 atom stereocenters. The fourth-order valence-corrected chi connectivity index (χ4v) is 5.55. The van der Waals surface area contributed by atoms with Gasteiger partial charge in [0, 0.05) is 50.0 Å². The van der Waals surface area contributed by atoms with Crippen molar-refractivity contribution in [2.24, 2.45) is 5.73 Å². The molecule has 3 aromatic carbocycles. The van der Waals surface area contributed by atoms with Gasteiger partial charge < -0.3 is 15.7 Å². The van der Waals surface area contributed by atoms with Gasteiger partial charge in [0.25, 0.3) is 5.56 Å². The fourth-order valence-electron chi connectivity index (χ4n) is 5.55. The SMILES string of the molecule is Cc1cc(CN2CCN(c3c(C)n(Cc4c(F)cccc4F)c(=O)n(CC(N)c4ccccc4)c3=O)CC2)ccc1O. The fraction of sp³-hybridized carbons (Fsp3) is 0.312. The highest BCUT2D eigenvalue weighted by Gasteiger charge is 2.26. The van der Waals surface area contributed by atoms with Crippen molar-refractivity contribution in [2.75, 3.05) is 31.1 Å². The molecule has 0 bridgehead atoms. The zero-order chi connectivity index (χ0) is 30.0. The molecule has 0 aliphatic carbocycles. The van der Waals surface area contributed by atoms with Crippen molar-refractivity contribution < 1.29 is 13.9 Å². The number of nitrogens with zero attached hydrogens (tertiary/aromatic N) is 4. The topological polar surface area (TPSA) is 96.7 Å². The predicted molar refractivity (Wildman–Crippen MR) is 159 cm³/mol. The average Bonchev–Trinajstić information content (AvgIpc) is 2.98. The van der Waals surface area contributed by atoms with Gasteiger partial charge in [0.2, 0.25) is 0 Å². The lowest BCUT2D eigenvalue weighted by atomic mass is 10.1. The number of hydrogen-bond acceptors (Lipinski definition) is 6. The van der Waals surface area contributed by atoms with E-state index in [2.05, 4.69) is 4.90 Å². The van der Waals surface area contributed by atoms with E-state index in [4.69, 9.17) is 5.73 Å². The molecule has 1 aliphatic rings. The maximum Gasteiger partial charge on any atom is 0.331 e. The molecular weight excluding hydrogens is 540 g/mol. The van der Waals surface area contributed by atoms with E-state index < -0.39 is 28.9 Å². The number of rotatable bonds is 8. The van der Waals surface area contributed by atoms with Gasteiger partial charge in [0.15, 0.2) is 0 Å². The Kier molecular flexibility index (Phi) is 8.56. The van der Waals surface area contributed by atoms with Crippen LogP contribution >= 0.6 is 0 Å². The number of hydrogen-bond donors (Lipinski definition) is 2. The van der Waals surface area contributed by atoms with Crippen LogP contribution in [-0.2, 0) is 19.6 Å². The second-order valence-corrected chi connectivity index (χ2v) is 10.8. The molecule has 3 N–H and O–H groups in total. The largest absolute Gasteiger partial charge is 0.508 e. The van der Waals surface area contributed by atoms with Crippen molar-refractivity contribution in [3.8, 4) is 5.75 Å². The number of aryl methyl sites for hydroxylation is 1. The van der Waals surface area contributed by atoms with Crippen molar-refractivity contribution in [3.05, 3.63) is 127 Å². The number of aromatic nitrogens is 2. The van der Waals surface area contributed by atoms with Crippen LogP contribution in [0.5, 0.6) is 5.75 Å². The summed E-state index contributed by atoms with van der Waals surface area (Å²) in [5.74, 6) is -1.27. The first-order valence-corrected chi connectivity index (χ1v) is 14.0. The number of phenolic OH excluding ortho intramolecular Hbond substituents is 1. The van der Waals surface area contributed by atoms with Crippen molar-refractivity contribution in [1.82, 2.24) is 14.0 Å². The molecular formula is C32H35F2N5O3. The first-order chi connectivity index (χ1) is 20.1. The zero-order valence-corrected chi connectivity index (χ0v) is 23.8. The van der Waals surface area contributed by atoms with Crippen LogP contribution in [0, 0.1) is 25.5 Å². The Labute approximate surface area is 242 Å². The predicted octanol–water partition coefficient (Wildman–Crippen LogP) is 3.68. The summed E-state index contributed by atoms with van der Waals surface area (Å²) in [4.78, 5) is 31.8. The molecule has 42 heavy (non-hydrogen) atoms. The average molecular weight is 576 g/mol. The zero-order valence-electron chi connectivity index (χ0n) is 23.8. The van der Waals surface area contributed by atoms with E-state index >= 15 is 0 Å². The molecule has 5 rings (SSSR count). The minimum absolute atomic E-state index is 0.0884. The van der Waals surface area contributed by atoms with Crippen LogP contribution in [0.15, 0.2) is 76.3 Å². The third-order valence-corrected chi connectivity index (χ3v) is 8.00. The van der Waals surface area contributed by atoms with Crippen molar-refractivity contribution in [3.63, 3.8) is 0 Å². The third-order valence-electron chi connectivity index (χ3n) is 8.00. The lowest BCUT2D eigenvalue weighted by Crippen LogP contribution is -2.51. The number of aromatic hydroxyl groups is 1. The van der Waals surface area contributed by atoms with Gasteiger partial charge in [-0.2, -0.15) is 0 Å². The molecule has 1 aliphatic heterocycles. The Morgan fingerprint density at radius 2 is 1.52 bits per heavy atom. The van der Waals surface area contributed by atoms with Crippen LogP contribution in [0.4, 0.5) is 14.5 Å². The molecule has 0 radical (unpaired) electrons. The summed E-state index contributed by atoms with van der Waals surface area (Å²) >= 11 is 0. The Morgan fingerprint density at radius 1 is 0.857 bits per heavy atom. The quantitative estimate of drug-likeness (QED) is 0.333.